The average Bonchev–Trinajstić information content (AvgIpc) is 2.74. The maximum Gasteiger partial charge on any atom is 0.0698 e. The Bertz CT molecular complexity index is 356. The van der Waals surface area contributed by atoms with E-state index in [1.165, 1.54) is 31.4 Å². The van der Waals surface area contributed by atoms with Crippen LogP contribution in [-0.2, 0) is 6.54 Å². The summed E-state index contributed by atoms with van der Waals surface area (Å²) >= 11 is 3.68. The number of halogens is 1. The Morgan fingerprint density at radius 2 is 1.84 bits per heavy atom. The van der Waals surface area contributed by atoms with Crippen LogP contribution in [0.15, 0.2) is 10.7 Å². The first kappa shape index (κ1) is 16.7. The highest BCUT2D eigenvalue weighted by Crippen LogP contribution is 2.33. The van der Waals surface area contributed by atoms with Gasteiger partial charge in [-0.15, -0.1) is 0 Å². The molecule has 4 heteroatoms. The van der Waals surface area contributed by atoms with E-state index in [4.69, 9.17) is 0 Å². The van der Waals surface area contributed by atoms with Crippen molar-refractivity contribution in [3.63, 3.8) is 0 Å². The molecule has 0 aliphatic heterocycles. The van der Waals surface area contributed by atoms with E-state index in [1.807, 2.05) is 6.20 Å². The van der Waals surface area contributed by atoms with E-state index in [2.05, 4.69) is 58.8 Å². The summed E-state index contributed by atoms with van der Waals surface area (Å²) < 4.78 is 3.29. The fourth-order valence-electron chi connectivity index (χ4n) is 2.89. The molecule has 0 radical (unpaired) electrons. The molecule has 0 aromatic carbocycles. The molecule has 0 aliphatic rings. The third-order valence-electron chi connectivity index (χ3n) is 3.66. The number of nitrogens with one attached hydrogen (secondary N) is 1. The van der Waals surface area contributed by atoms with E-state index in [1.54, 1.807) is 0 Å². The summed E-state index contributed by atoms with van der Waals surface area (Å²) in [5.74, 6) is 0.684. The standard InChI is InChI=1S/C15H28BrN3/c1-5-8-12(9-6-2)14(17-4)15-13(16)11-18-19(15)10-7-3/h11-12,14,17H,5-10H2,1-4H3. The molecule has 3 nitrogen and oxygen atoms in total. The molecule has 1 heterocycles. The van der Waals surface area contributed by atoms with Crippen LogP contribution in [0.2, 0.25) is 0 Å². The maximum atomic E-state index is 4.51. The van der Waals surface area contributed by atoms with Gasteiger partial charge in [0.15, 0.2) is 0 Å². The van der Waals surface area contributed by atoms with Crippen molar-refractivity contribution >= 4 is 15.9 Å². The quantitative estimate of drug-likeness (QED) is 0.721. The second kappa shape index (κ2) is 8.75. The Morgan fingerprint density at radius 1 is 1.21 bits per heavy atom. The molecule has 0 amide bonds. The number of hydrogen-bond acceptors (Lipinski definition) is 2. The minimum atomic E-state index is 0.392. The van der Waals surface area contributed by atoms with Crippen molar-refractivity contribution in [1.82, 2.24) is 15.1 Å². The normalized spacial score (nSPS) is 13.2. The van der Waals surface area contributed by atoms with Crippen LogP contribution in [0.1, 0.15) is 64.6 Å². The molecule has 1 rings (SSSR count). The second-order valence-corrected chi connectivity index (χ2v) is 6.06. The van der Waals surface area contributed by atoms with Gasteiger partial charge >= 0.3 is 0 Å². The van der Waals surface area contributed by atoms with Crippen molar-refractivity contribution in [3.05, 3.63) is 16.4 Å². The van der Waals surface area contributed by atoms with Crippen molar-refractivity contribution < 1.29 is 0 Å². The molecule has 19 heavy (non-hydrogen) atoms. The monoisotopic (exact) mass is 329 g/mol. The zero-order valence-corrected chi connectivity index (χ0v) is 14.3. The van der Waals surface area contributed by atoms with Gasteiger partial charge in [-0.1, -0.05) is 33.6 Å². The Hall–Kier alpha value is -0.350. The fraction of sp³-hybridized carbons (Fsp3) is 0.800. The van der Waals surface area contributed by atoms with Gasteiger partial charge in [0.1, 0.15) is 0 Å². The molecule has 0 spiro atoms. The first-order chi connectivity index (χ1) is 9.19. The van der Waals surface area contributed by atoms with Crippen molar-refractivity contribution in [2.45, 2.75) is 65.5 Å². The van der Waals surface area contributed by atoms with Crippen LogP contribution >= 0.6 is 15.9 Å². The van der Waals surface area contributed by atoms with Crippen molar-refractivity contribution in [3.8, 4) is 0 Å². The van der Waals surface area contributed by atoms with Crippen LogP contribution in [0, 0.1) is 5.92 Å². The molecule has 110 valence electrons. The zero-order valence-electron chi connectivity index (χ0n) is 12.7. The van der Waals surface area contributed by atoms with Crippen LogP contribution in [-0.4, -0.2) is 16.8 Å². The molecule has 0 bridgehead atoms. The number of aryl methyl sites for hydroxylation is 1. The summed E-state index contributed by atoms with van der Waals surface area (Å²) in [6.45, 7) is 7.73. The first-order valence-electron chi connectivity index (χ1n) is 7.57. The third-order valence-corrected chi connectivity index (χ3v) is 4.28. The molecular weight excluding hydrogens is 302 g/mol. The van der Waals surface area contributed by atoms with E-state index in [9.17, 15) is 0 Å². The molecule has 1 N–H and O–H groups in total. The smallest absolute Gasteiger partial charge is 0.0698 e. The van der Waals surface area contributed by atoms with Crippen LogP contribution < -0.4 is 5.32 Å². The van der Waals surface area contributed by atoms with Gasteiger partial charge in [-0.3, -0.25) is 4.68 Å². The number of aromatic nitrogens is 2. The predicted molar refractivity (Wildman–Crippen MR) is 85.3 cm³/mol. The summed E-state index contributed by atoms with van der Waals surface area (Å²) in [5, 5.41) is 8.03. The lowest BCUT2D eigenvalue weighted by Gasteiger charge is -2.27. The van der Waals surface area contributed by atoms with Gasteiger partial charge in [-0.05, 0) is 48.2 Å². The van der Waals surface area contributed by atoms with Gasteiger partial charge in [0, 0.05) is 6.54 Å². The lowest BCUT2D eigenvalue weighted by atomic mass is 9.88. The lowest BCUT2D eigenvalue weighted by molar-refractivity contribution is 0.313. The highest BCUT2D eigenvalue weighted by molar-refractivity contribution is 9.10. The van der Waals surface area contributed by atoms with E-state index in [0.29, 0.717) is 12.0 Å². The first-order valence-corrected chi connectivity index (χ1v) is 8.37. The third kappa shape index (κ3) is 4.32. The largest absolute Gasteiger partial charge is 0.311 e. The molecule has 1 unspecified atom stereocenters. The summed E-state index contributed by atoms with van der Waals surface area (Å²) in [6, 6.07) is 0.392. The Morgan fingerprint density at radius 3 is 2.32 bits per heavy atom. The number of nitrogens with zero attached hydrogens (tertiary/aromatic N) is 2. The van der Waals surface area contributed by atoms with E-state index in [-0.39, 0.29) is 0 Å². The molecule has 1 aromatic rings. The molecule has 0 saturated carbocycles. The van der Waals surface area contributed by atoms with Crippen LogP contribution in [0.5, 0.6) is 0 Å². The number of rotatable bonds is 9. The highest BCUT2D eigenvalue weighted by atomic mass is 79.9. The SMILES string of the molecule is CCCC(CCC)C(NC)c1c(Br)cnn1CCC. The summed E-state index contributed by atoms with van der Waals surface area (Å²) in [7, 11) is 2.07. The van der Waals surface area contributed by atoms with Gasteiger partial charge in [0.2, 0.25) is 0 Å². The van der Waals surface area contributed by atoms with Gasteiger partial charge in [0.25, 0.3) is 0 Å². The highest BCUT2D eigenvalue weighted by Gasteiger charge is 2.25. The molecule has 1 atom stereocenters. The van der Waals surface area contributed by atoms with Crippen molar-refractivity contribution in [2.75, 3.05) is 7.05 Å². The summed E-state index contributed by atoms with van der Waals surface area (Å²) in [6.07, 6.45) is 8.06. The van der Waals surface area contributed by atoms with Gasteiger partial charge in [-0.25, -0.2) is 0 Å². The fourth-order valence-corrected chi connectivity index (χ4v) is 3.43. The Balaban J connectivity index is 3.02. The lowest BCUT2D eigenvalue weighted by Crippen LogP contribution is -2.28. The average molecular weight is 330 g/mol. The van der Waals surface area contributed by atoms with Crippen LogP contribution in [0.4, 0.5) is 0 Å². The minimum Gasteiger partial charge on any atom is -0.311 e. The van der Waals surface area contributed by atoms with Crippen molar-refractivity contribution in [2.24, 2.45) is 5.92 Å². The molecule has 0 saturated heterocycles. The summed E-state index contributed by atoms with van der Waals surface area (Å²) in [4.78, 5) is 0. The predicted octanol–water partition coefficient (Wildman–Crippen LogP) is 4.53. The minimum absolute atomic E-state index is 0.392. The van der Waals surface area contributed by atoms with Gasteiger partial charge in [-0.2, -0.15) is 5.10 Å². The van der Waals surface area contributed by atoms with Crippen LogP contribution in [0.25, 0.3) is 0 Å². The Kier molecular flexibility index (Phi) is 7.69. The molecule has 1 aromatic heterocycles. The summed E-state index contributed by atoms with van der Waals surface area (Å²) in [5.41, 5.74) is 1.32. The van der Waals surface area contributed by atoms with Gasteiger partial charge in [0.05, 0.1) is 22.4 Å². The van der Waals surface area contributed by atoms with E-state index in [0.717, 1.165) is 17.4 Å². The second-order valence-electron chi connectivity index (χ2n) is 5.20. The Labute approximate surface area is 126 Å². The molecule has 0 fully saturated rings. The van der Waals surface area contributed by atoms with Gasteiger partial charge < -0.3 is 5.32 Å². The molecular formula is C15H28BrN3. The van der Waals surface area contributed by atoms with E-state index >= 15 is 0 Å². The zero-order chi connectivity index (χ0) is 14.3. The van der Waals surface area contributed by atoms with Crippen LogP contribution in [0.3, 0.4) is 0 Å². The molecule has 0 aliphatic carbocycles. The topological polar surface area (TPSA) is 29.9 Å². The van der Waals surface area contributed by atoms with Crippen molar-refractivity contribution in [1.29, 1.82) is 0 Å². The van der Waals surface area contributed by atoms with E-state index < -0.39 is 0 Å². The number of hydrogen-bond donors (Lipinski definition) is 1. The maximum absolute atomic E-state index is 4.51.